The van der Waals surface area contributed by atoms with Crippen molar-refractivity contribution >= 4 is 45.2 Å². The molecule has 4 aromatic rings. The van der Waals surface area contributed by atoms with Gasteiger partial charge in [-0.25, -0.2) is 0 Å². The molecule has 0 unspecified atom stereocenters. The maximum Gasteiger partial charge on any atom is 0.269 e. The lowest BCUT2D eigenvalue weighted by Gasteiger charge is -2.10. The number of aromatic hydroxyl groups is 2. The van der Waals surface area contributed by atoms with Crippen molar-refractivity contribution in [2.45, 2.75) is 6.42 Å². The molecule has 9 heteroatoms. The minimum absolute atomic E-state index is 0.00414. The van der Waals surface area contributed by atoms with E-state index in [4.69, 9.17) is 11.6 Å². The van der Waals surface area contributed by atoms with Gasteiger partial charge in [0.05, 0.1) is 10.5 Å². The number of nitro benzene ring substituents is 1. The van der Waals surface area contributed by atoms with E-state index < -0.39 is 10.7 Å². The molecule has 2 N–H and O–H groups in total. The number of non-ortho nitro benzene ring substituents is 1. The fraction of sp³-hybridized carbons (Fsp3) is 0.0417. The van der Waals surface area contributed by atoms with Gasteiger partial charge in [0.1, 0.15) is 17.1 Å². The molecule has 0 radical (unpaired) electrons. The second-order valence-electron chi connectivity index (χ2n) is 7.20. The fourth-order valence-electron chi connectivity index (χ4n) is 3.37. The monoisotopic (exact) mass is 461 g/mol. The van der Waals surface area contributed by atoms with Crippen LogP contribution in [-0.4, -0.2) is 20.9 Å². The van der Waals surface area contributed by atoms with Gasteiger partial charge < -0.3 is 10.2 Å². The van der Waals surface area contributed by atoms with E-state index in [0.29, 0.717) is 21.4 Å². The van der Waals surface area contributed by atoms with Crippen LogP contribution in [0.5, 0.6) is 11.5 Å². The summed E-state index contributed by atoms with van der Waals surface area (Å²) in [6, 6.07) is 18.6. The molecule has 8 nitrogen and oxygen atoms in total. The molecule has 0 aliphatic carbocycles. The Morgan fingerprint density at radius 1 is 0.970 bits per heavy atom. The second kappa shape index (κ2) is 9.05. The van der Waals surface area contributed by atoms with Gasteiger partial charge in [-0.2, -0.15) is 0 Å². The van der Waals surface area contributed by atoms with Crippen LogP contribution in [-0.2, 0) is 6.42 Å². The molecule has 0 aromatic heterocycles. The molecule has 33 heavy (non-hydrogen) atoms. The largest absolute Gasteiger partial charge is 0.506 e. The first-order valence-electron chi connectivity index (χ1n) is 9.75. The summed E-state index contributed by atoms with van der Waals surface area (Å²) in [6.07, 6.45) is -0.154. The van der Waals surface area contributed by atoms with Crippen LogP contribution in [0.4, 0.5) is 17.1 Å². The van der Waals surface area contributed by atoms with Crippen LogP contribution in [0.2, 0.25) is 5.02 Å². The Morgan fingerprint density at radius 2 is 1.76 bits per heavy atom. The predicted molar refractivity (Wildman–Crippen MR) is 124 cm³/mol. The van der Waals surface area contributed by atoms with Gasteiger partial charge in [-0.1, -0.05) is 48.0 Å². The number of phenols is 2. The number of azo groups is 1. The normalized spacial score (nSPS) is 11.2. The van der Waals surface area contributed by atoms with Crippen molar-refractivity contribution in [3.63, 3.8) is 0 Å². The zero-order valence-corrected chi connectivity index (χ0v) is 17.7. The Bertz CT molecular complexity index is 1440. The van der Waals surface area contributed by atoms with Crippen LogP contribution < -0.4 is 0 Å². The lowest BCUT2D eigenvalue weighted by molar-refractivity contribution is -0.384. The summed E-state index contributed by atoms with van der Waals surface area (Å²) in [6.45, 7) is 0. The highest BCUT2D eigenvalue weighted by molar-refractivity contribution is 6.30. The molecule has 0 atom stereocenters. The van der Waals surface area contributed by atoms with Crippen molar-refractivity contribution < 1.29 is 19.9 Å². The number of benzene rings is 4. The first-order chi connectivity index (χ1) is 15.8. The predicted octanol–water partition coefficient (Wildman–Crippen LogP) is 6.65. The number of carbonyl (C=O) groups is 1. The number of Topliss-reactive ketones (excluding diaryl/α,β-unsaturated/α-hetero) is 1. The van der Waals surface area contributed by atoms with Gasteiger partial charge >= 0.3 is 0 Å². The second-order valence-corrected chi connectivity index (χ2v) is 7.64. The van der Waals surface area contributed by atoms with Gasteiger partial charge in [0.2, 0.25) is 0 Å². The van der Waals surface area contributed by atoms with Gasteiger partial charge in [0.15, 0.2) is 11.5 Å². The molecule has 0 saturated heterocycles. The van der Waals surface area contributed by atoms with Gasteiger partial charge in [-0.15, -0.1) is 10.2 Å². The number of carbonyl (C=O) groups excluding carboxylic acids is 1. The van der Waals surface area contributed by atoms with E-state index in [9.17, 15) is 25.1 Å². The summed E-state index contributed by atoms with van der Waals surface area (Å²) in [5, 5.41) is 41.6. The Kier molecular flexibility index (Phi) is 6.01. The molecule has 0 fully saturated rings. The van der Waals surface area contributed by atoms with Crippen LogP contribution in [0.15, 0.2) is 83.0 Å². The van der Waals surface area contributed by atoms with Crippen molar-refractivity contribution in [1.29, 1.82) is 0 Å². The minimum Gasteiger partial charge on any atom is -0.506 e. The summed E-state index contributed by atoms with van der Waals surface area (Å²) in [5.41, 5.74) is 0.464. The number of ketones is 1. The Balaban J connectivity index is 1.77. The van der Waals surface area contributed by atoms with E-state index in [1.807, 2.05) is 0 Å². The lowest BCUT2D eigenvalue weighted by atomic mass is 9.97. The van der Waals surface area contributed by atoms with Gasteiger partial charge in [0, 0.05) is 29.0 Å². The first-order valence-corrected chi connectivity index (χ1v) is 10.1. The van der Waals surface area contributed by atoms with Gasteiger partial charge in [0.25, 0.3) is 5.69 Å². The molecule has 164 valence electrons. The average Bonchev–Trinajstić information content (AvgIpc) is 2.80. The molecule has 0 saturated carbocycles. The minimum atomic E-state index is -0.536. The van der Waals surface area contributed by atoms with Crippen molar-refractivity contribution in [3.8, 4) is 11.5 Å². The Hall–Kier alpha value is -4.30. The Labute approximate surface area is 192 Å². The van der Waals surface area contributed by atoms with Crippen LogP contribution >= 0.6 is 11.6 Å². The van der Waals surface area contributed by atoms with E-state index in [0.717, 1.165) is 0 Å². The average molecular weight is 462 g/mol. The van der Waals surface area contributed by atoms with Crippen LogP contribution in [0, 0.1) is 10.1 Å². The number of hydrogen-bond acceptors (Lipinski definition) is 7. The third-order valence-electron chi connectivity index (χ3n) is 4.98. The summed E-state index contributed by atoms with van der Waals surface area (Å²) in [5.74, 6) is -0.972. The summed E-state index contributed by atoms with van der Waals surface area (Å²) in [7, 11) is 0. The number of hydrogen-bond donors (Lipinski definition) is 2. The zero-order chi connectivity index (χ0) is 23.5. The van der Waals surface area contributed by atoms with E-state index >= 15 is 0 Å². The van der Waals surface area contributed by atoms with Gasteiger partial charge in [-0.3, -0.25) is 14.9 Å². The number of rotatable bonds is 6. The summed E-state index contributed by atoms with van der Waals surface area (Å²) in [4.78, 5) is 23.5. The molecule has 0 aliphatic rings. The highest BCUT2D eigenvalue weighted by Crippen LogP contribution is 2.41. The number of fused-ring (bicyclic) bond motifs is 1. The fourth-order valence-corrected chi connectivity index (χ4v) is 3.54. The molecule has 0 spiro atoms. The van der Waals surface area contributed by atoms with Crippen LogP contribution in [0.3, 0.4) is 0 Å². The summed E-state index contributed by atoms with van der Waals surface area (Å²) < 4.78 is 0. The van der Waals surface area contributed by atoms with Crippen molar-refractivity contribution in [2.24, 2.45) is 10.2 Å². The molecule has 0 bridgehead atoms. The third-order valence-corrected chi connectivity index (χ3v) is 5.21. The highest BCUT2D eigenvalue weighted by atomic mass is 35.5. The number of phenolic OH excluding ortho intramolecular Hbond substituents is 2. The maximum atomic E-state index is 13.0. The Morgan fingerprint density at radius 3 is 2.55 bits per heavy atom. The lowest BCUT2D eigenvalue weighted by Crippen LogP contribution is -2.04. The van der Waals surface area contributed by atoms with E-state index in [-0.39, 0.29) is 40.5 Å². The standard InChI is InChI=1S/C24H16ClN3O5/c25-16-8-9-21(29)20(13-16)26-27-23-18-7-2-1-5-15(18)12-19(24(23)31)22(30)11-14-4-3-6-17(10-14)28(32)33/h1-10,12-13,29,31H,11H2. The molecule has 4 aromatic carbocycles. The molecular formula is C24H16ClN3O5. The first kappa shape index (κ1) is 21.9. The van der Waals surface area contributed by atoms with E-state index in [1.54, 1.807) is 36.4 Å². The van der Waals surface area contributed by atoms with Crippen molar-refractivity contribution in [2.75, 3.05) is 0 Å². The molecule has 4 rings (SSSR count). The van der Waals surface area contributed by atoms with E-state index in [2.05, 4.69) is 10.2 Å². The SMILES string of the molecule is O=C(Cc1cccc([N+](=O)[O-])c1)c1cc2ccccc2c(N=Nc2cc(Cl)ccc2O)c1O. The smallest absolute Gasteiger partial charge is 0.269 e. The van der Waals surface area contributed by atoms with Crippen LogP contribution in [0.1, 0.15) is 15.9 Å². The van der Waals surface area contributed by atoms with Crippen molar-refractivity contribution in [1.82, 2.24) is 0 Å². The summed E-state index contributed by atoms with van der Waals surface area (Å²) >= 11 is 5.95. The maximum absolute atomic E-state index is 13.0. The zero-order valence-electron chi connectivity index (χ0n) is 17.0. The van der Waals surface area contributed by atoms with E-state index in [1.165, 1.54) is 36.4 Å². The van der Waals surface area contributed by atoms with Crippen LogP contribution in [0.25, 0.3) is 10.8 Å². The van der Waals surface area contributed by atoms with Gasteiger partial charge in [-0.05, 0) is 35.2 Å². The molecule has 0 aliphatic heterocycles. The third kappa shape index (κ3) is 4.65. The van der Waals surface area contributed by atoms with Crippen molar-refractivity contribution in [3.05, 3.63) is 99.1 Å². The number of halogens is 1. The number of nitro groups is 1. The quantitative estimate of drug-likeness (QED) is 0.144. The topological polar surface area (TPSA) is 125 Å². The number of nitrogens with zero attached hydrogens (tertiary/aromatic N) is 3. The molecule has 0 heterocycles. The highest BCUT2D eigenvalue weighted by Gasteiger charge is 2.19. The molecule has 0 amide bonds. The molecular weight excluding hydrogens is 446 g/mol.